The van der Waals surface area contributed by atoms with E-state index in [1.807, 2.05) is 0 Å². The molecule has 2 N–H and O–H groups in total. The van der Waals surface area contributed by atoms with Gasteiger partial charge in [0.2, 0.25) is 0 Å². The first kappa shape index (κ1) is 16.1. The zero-order chi connectivity index (χ0) is 17.1. The Morgan fingerprint density at radius 3 is 2.67 bits per heavy atom. The van der Waals surface area contributed by atoms with Crippen molar-refractivity contribution >= 4 is 34.9 Å². The molecule has 24 heavy (non-hydrogen) atoms. The third-order valence-electron chi connectivity index (χ3n) is 3.22. The molecule has 1 aliphatic rings. The number of furan rings is 1. The number of nitrogens with zero attached hydrogens (tertiary/aromatic N) is 1. The smallest absolute Gasteiger partial charge is 0.338 e. The van der Waals surface area contributed by atoms with E-state index in [1.54, 1.807) is 49.4 Å². The molecule has 0 fully saturated rings. The molecule has 0 unspecified atom stereocenters. The summed E-state index contributed by atoms with van der Waals surface area (Å²) in [5.74, 6) is 0.430. The summed E-state index contributed by atoms with van der Waals surface area (Å²) in [6.07, 6.45) is 1.60. The van der Waals surface area contributed by atoms with Gasteiger partial charge in [-0.3, -0.25) is 4.79 Å². The molecule has 0 saturated carbocycles. The zero-order valence-electron chi connectivity index (χ0n) is 12.8. The summed E-state index contributed by atoms with van der Waals surface area (Å²) >= 11 is 1.11. The maximum atomic E-state index is 11.6. The third-order valence-corrected chi connectivity index (χ3v) is 4.03. The van der Waals surface area contributed by atoms with Crippen LogP contribution in [-0.2, 0) is 9.53 Å². The van der Waals surface area contributed by atoms with Crippen LogP contribution in [0.3, 0.4) is 0 Å². The molecular weight excluding hydrogens is 328 g/mol. The zero-order valence-corrected chi connectivity index (χ0v) is 13.6. The van der Waals surface area contributed by atoms with Crippen LogP contribution in [0.4, 0.5) is 0 Å². The molecule has 1 aliphatic heterocycles. The Morgan fingerprint density at radius 1 is 1.29 bits per heavy atom. The van der Waals surface area contributed by atoms with Crippen molar-refractivity contribution in [2.75, 3.05) is 6.61 Å². The molecule has 0 bridgehead atoms. The lowest BCUT2D eigenvalue weighted by Gasteiger charge is -2.02. The molecule has 7 heteroatoms. The van der Waals surface area contributed by atoms with Gasteiger partial charge in [-0.1, -0.05) is 12.1 Å². The minimum atomic E-state index is -0.366. The summed E-state index contributed by atoms with van der Waals surface area (Å²) in [7, 11) is 0. The second-order valence-corrected chi connectivity index (χ2v) is 5.93. The van der Waals surface area contributed by atoms with Crippen molar-refractivity contribution in [3.05, 3.63) is 52.6 Å². The predicted molar refractivity (Wildman–Crippen MR) is 92.3 cm³/mol. The Bertz CT molecular complexity index is 850. The number of rotatable bonds is 4. The SMILES string of the molecule is CCOC(=O)c1ccc(-c2ccc(/C=C3\SC(N)=NC3=O)o2)cc1. The number of amides is 1. The summed E-state index contributed by atoms with van der Waals surface area (Å²) in [5, 5.41) is 0.229. The predicted octanol–water partition coefficient (Wildman–Crippen LogP) is 3.05. The highest BCUT2D eigenvalue weighted by Crippen LogP contribution is 2.29. The Hall–Kier alpha value is -2.80. The standard InChI is InChI=1S/C17H14N2O4S/c1-2-22-16(21)11-5-3-10(4-6-11)13-8-7-12(23-13)9-14-15(20)19-17(18)24-14/h3-9H,2H2,1H3,(H2,18,19,20)/b14-9-. The lowest BCUT2D eigenvalue weighted by Crippen LogP contribution is -2.03. The van der Waals surface area contributed by atoms with E-state index in [0.29, 0.717) is 28.6 Å². The molecule has 0 atom stereocenters. The van der Waals surface area contributed by atoms with Crippen LogP contribution in [0, 0.1) is 0 Å². The fourth-order valence-corrected chi connectivity index (χ4v) is 2.79. The van der Waals surface area contributed by atoms with E-state index in [0.717, 1.165) is 17.3 Å². The Balaban J connectivity index is 1.77. The van der Waals surface area contributed by atoms with Crippen LogP contribution in [0.1, 0.15) is 23.0 Å². The van der Waals surface area contributed by atoms with Gasteiger partial charge in [0.1, 0.15) is 11.5 Å². The summed E-state index contributed by atoms with van der Waals surface area (Å²) in [6.45, 7) is 2.10. The first-order valence-electron chi connectivity index (χ1n) is 7.22. The van der Waals surface area contributed by atoms with Gasteiger partial charge in [-0.25, -0.2) is 4.79 Å². The highest BCUT2D eigenvalue weighted by molar-refractivity contribution is 8.18. The molecule has 1 aromatic carbocycles. The van der Waals surface area contributed by atoms with Gasteiger partial charge in [0.05, 0.1) is 17.1 Å². The number of esters is 1. The lowest BCUT2D eigenvalue weighted by molar-refractivity contribution is -0.113. The topological polar surface area (TPSA) is 94.9 Å². The van der Waals surface area contributed by atoms with Crippen molar-refractivity contribution in [3.63, 3.8) is 0 Å². The van der Waals surface area contributed by atoms with Crippen molar-refractivity contribution < 1.29 is 18.7 Å². The monoisotopic (exact) mass is 342 g/mol. The van der Waals surface area contributed by atoms with Crippen LogP contribution in [0.15, 0.2) is 50.7 Å². The average Bonchev–Trinajstić information content (AvgIpc) is 3.15. The number of aliphatic imine (C=N–C) groups is 1. The Morgan fingerprint density at radius 2 is 2.04 bits per heavy atom. The second kappa shape index (κ2) is 6.76. The fraction of sp³-hybridized carbons (Fsp3) is 0.118. The fourth-order valence-electron chi connectivity index (χ4n) is 2.13. The van der Waals surface area contributed by atoms with Gasteiger partial charge in [0.15, 0.2) is 5.17 Å². The Kier molecular flexibility index (Phi) is 4.52. The molecule has 2 aromatic rings. The molecular formula is C17H14N2O4S. The van der Waals surface area contributed by atoms with Gasteiger partial charge in [0.25, 0.3) is 5.91 Å². The quantitative estimate of drug-likeness (QED) is 0.678. The van der Waals surface area contributed by atoms with Gasteiger partial charge in [-0.05, 0) is 43.0 Å². The Labute approximate surface area is 142 Å². The van der Waals surface area contributed by atoms with E-state index in [4.69, 9.17) is 14.9 Å². The molecule has 1 amide bonds. The van der Waals surface area contributed by atoms with Crippen LogP contribution >= 0.6 is 11.8 Å². The van der Waals surface area contributed by atoms with Gasteiger partial charge < -0.3 is 14.9 Å². The maximum absolute atomic E-state index is 11.6. The third kappa shape index (κ3) is 3.41. The lowest BCUT2D eigenvalue weighted by atomic mass is 10.1. The van der Waals surface area contributed by atoms with E-state index >= 15 is 0 Å². The van der Waals surface area contributed by atoms with Crippen molar-refractivity contribution in [1.29, 1.82) is 0 Å². The summed E-state index contributed by atoms with van der Waals surface area (Å²) in [4.78, 5) is 27.3. The summed E-state index contributed by atoms with van der Waals surface area (Å²) in [5.41, 5.74) is 6.80. The molecule has 122 valence electrons. The summed E-state index contributed by atoms with van der Waals surface area (Å²) < 4.78 is 10.7. The van der Waals surface area contributed by atoms with Crippen LogP contribution in [0.25, 0.3) is 17.4 Å². The number of carbonyl (C=O) groups excluding carboxylic acids is 2. The average molecular weight is 342 g/mol. The van der Waals surface area contributed by atoms with Crippen LogP contribution in [0.2, 0.25) is 0 Å². The molecule has 0 saturated heterocycles. The molecule has 6 nitrogen and oxygen atoms in total. The normalized spacial score (nSPS) is 15.6. The van der Waals surface area contributed by atoms with Gasteiger partial charge in [-0.15, -0.1) is 0 Å². The molecule has 3 rings (SSSR count). The molecule has 1 aromatic heterocycles. The number of amidine groups is 1. The molecule has 0 aliphatic carbocycles. The van der Waals surface area contributed by atoms with E-state index in [9.17, 15) is 9.59 Å². The minimum Gasteiger partial charge on any atom is -0.462 e. The van der Waals surface area contributed by atoms with Gasteiger partial charge in [0, 0.05) is 11.6 Å². The number of thioether (sulfide) groups is 1. The number of carbonyl (C=O) groups is 2. The van der Waals surface area contributed by atoms with Crippen molar-refractivity contribution in [2.45, 2.75) is 6.92 Å². The first-order valence-corrected chi connectivity index (χ1v) is 8.04. The van der Waals surface area contributed by atoms with E-state index < -0.39 is 0 Å². The van der Waals surface area contributed by atoms with Crippen LogP contribution < -0.4 is 5.73 Å². The number of ether oxygens (including phenoxy) is 1. The van der Waals surface area contributed by atoms with E-state index in [2.05, 4.69) is 4.99 Å². The van der Waals surface area contributed by atoms with E-state index in [-0.39, 0.29) is 17.0 Å². The molecule has 2 heterocycles. The van der Waals surface area contributed by atoms with Crippen LogP contribution in [-0.4, -0.2) is 23.7 Å². The summed E-state index contributed by atoms with van der Waals surface area (Å²) in [6, 6.07) is 10.5. The number of benzene rings is 1. The highest BCUT2D eigenvalue weighted by Gasteiger charge is 2.20. The van der Waals surface area contributed by atoms with Crippen molar-refractivity contribution in [2.24, 2.45) is 10.7 Å². The number of hydrogen-bond donors (Lipinski definition) is 1. The van der Waals surface area contributed by atoms with E-state index in [1.165, 1.54) is 0 Å². The van der Waals surface area contributed by atoms with Crippen molar-refractivity contribution in [3.8, 4) is 11.3 Å². The minimum absolute atomic E-state index is 0.229. The molecule has 0 spiro atoms. The van der Waals surface area contributed by atoms with Crippen LogP contribution in [0.5, 0.6) is 0 Å². The number of hydrogen-bond acceptors (Lipinski definition) is 6. The largest absolute Gasteiger partial charge is 0.462 e. The van der Waals surface area contributed by atoms with Crippen molar-refractivity contribution in [1.82, 2.24) is 0 Å². The van der Waals surface area contributed by atoms with Gasteiger partial charge >= 0.3 is 5.97 Å². The maximum Gasteiger partial charge on any atom is 0.338 e. The number of nitrogens with two attached hydrogens (primary N) is 1. The first-order chi connectivity index (χ1) is 11.6. The highest BCUT2D eigenvalue weighted by atomic mass is 32.2. The van der Waals surface area contributed by atoms with Gasteiger partial charge in [-0.2, -0.15) is 4.99 Å². The molecule has 0 radical (unpaired) electrons. The second-order valence-electron chi connectivity index (χ2n) is 4.87.